The van der Waals surface area contributed by atoms with Gasteiger partial charge in [0.2, 0.25) is 5.91 Å². The van der Waals surface area contributed by atoms with Gasteiger partial charge in [0, 0.05) is 37.9 Å². The van der Waals surface area contributed by atoms with Crippen molar-refractivity contribution in [1.82, 2.24) is 9.97 Å². The summed E-state index contributed by atoms with van der Waals surface area (Å²) in [6.45, 7) is 0. The lowest BCUT2D eigenvalue weighted by atomic mass is 10.1. The van der Waals surface area contributed by atoms with E-state index < -0.39 is 0 Å². The molecule has 0 radical (unpaired) electrons. The van der Waals surface area contributed by atoms with Crippen LogP contribution in [0.4, 0.5) is 5.13 Å². The van der Waals surface area contributed by atoms with Crippen LogP contribution in [0.1, 0.15) is 10.4 Å². The molecule has 0 spiro atoms. The Hall–Kier alpha value is -1.71. The summed E-state index contributed by atoms with van der Waals surface area (Å²) in [6, 6.07) is 15.8. The number of anilines is 1. The Kier molecular flexibility index (Phi) is 7.22. The molecule has 0 saturated heterocycles. The van der Waals surface area contributed by atoms with Crippen molar-refractivity contribution in [2.75, 3.05) is 11.1 Å². The highest BCUT2D eigenvalue weighted by molar-refractivity contribution is 9.10. The molecule has 30 heavy (non-hydrogen) atoms. The molecule has 2 aromatic heterocycles. The molecule has 1 amide bonds. The molecular weight excluding hydrogens is 522 g/mol. The number of hydrogen-bond acceptors (Lipinski definition) is 6. The van der Waals surface area contributed by atoms with E-state index in [1.807, 2.05) is 53.9 Å². The van der Waals surface area contributed by atoms with Crippen LogP contribution in [0.3, 0.4) is 0 Å². The van der Waals surface area contributed by atoms with E-state index in [-0.39, 0.29) is 5.91 Å². The highest BCUT2D eigenvalue weighted by Gasteiger charge is 2.11. The van der Waals surface area contributed by atoms with E-state index in [4.69, 9.17) is 11.6 Å². The van der Waals surface area contributed by atoms with E-state index in [1.165, 1.54) is 23.1 Å². The van der Waals surface area contributed by atoms with Crippen molar-refractivity contribution in [3.8, 4) is 11.3 Å². The molecule has 4 rings (SSSR count). The molecule has 152 valence electrons. The van der Waals surface area contributed by atoms with Crippen LogP contribution >= 0.6 is 62.0 Å². The summed E-state index contributed by atoms with van der Waals surface area (Å²) < 4.78 is 1.90. The number of nitrogens with zero attached hydrogens (tertiary/aromatic N) is 2. The summed E-state index contributed by atoms with van der Waals surface area (Å²) in [7, 11) is 0. The second-order valence-corrected chi connectivity index (χ2v) is 10.8. The fraction of sp³-hybridized carbons (Fsp3) is 0.0952. The monoisotopic (exact) mass is 535 g/mol. The van der Waals surface area contributed by atoms with Gasteiger partial charge < -0.3 is 5.32 Å². The molecule has 2 aromatic carbocycles. The predicted octanol–water partition coefficient (Wildman–Crippen LogP) is 7.00. The normalized spacial score (nSPS) is 10.9. The number of hydrogen-bond donors (Lipinski definition) is 1. The van der Waals surface area contributed by atoms with E-state index in [0.717, 1.165) is 42.0 Å². The predicted molar refractivity (Wildman–Crippen MR) is 131 cm³/mol. The standard InChI is InChI=1S/C21H15BrClN3OS3/c22-15-5-3-14(4-6-15)18-11-28-21(25-18)29-12-19(27)26-20-24-10-17(30-20)9-13-1-7-16(23)8-2-13/h1-8,10-11H,9,12H2,(H,24,26,27). The third kappa shape index (κ3) is 5.92. The Morgan fingerprint density at radius 1 is 1.13 bits per heavy atom. The molecule has 0 atom stereocenters. The molecule has 0 saturated carbocycles. The van der Waals surface area contributed by atoms with Crippen molar-refractivity contribution in [1.29, 1.82) is 0 Å². The first kappa shape index (κ1) is 21.5. The van der Waals surface area contributed by atoms with Gasteiger partial charge in [-0.1, -0.05) is 63.6 Å². The Balaban J connectivity index is 1.28. The summed E-state index contributed by atoms with van der Waals surface area (Å²) in [5.74, 6) is 0.201. The first-order valence-corrected chi connectivity index (χ1v) is 12.7. The quantitative estimate of drug-likeness (QED) is 0.258. The van der Waals surface area contributed by atoms with E-state index in [1.54, 1.807) is 17.5 Å². The average Bonchev–Trinajstić information content (AvgIpc) is 3.38. The lowest BCUT2D eigenvalue weighted by Crippen LogP contribution is -2.13. The number of rotatable bonds is 7. The molecule has 9 heteroatoms. The highest BCUT2D eigenvalue weighted by atomic mass is 79.9. The summed E-state index contributed by atoms with van der Waals surface area (Å²) in [6.07, 6.45) is 2.56. The molecule has 0 fully saturated rings. The molecule has 0 bridgehead atoms. The number of thiazole rings is 2. The maximum atomic E-state index is 12.3. The number of halogens is 2. The molecular formula is C21H15BrClN3OS3. The number of nitrogens with one attached hydrogen (secondary N) is 1. The van der Waals surface area contributed by atoms with Gasteiger partial charge in [0.1, 0.15) is 0 Å². The van der Waals surface area contributed by atoms with E-state index >= 15 is 0 Å². The lowest BCUT2D eigenvalue weighted by molar-refractivity contribution is -0.113. The molecule has 0 unspecified atom stereocenters. The fourth-order valence-corrected chi connectivity index (χ4v) is 5.50. The number of amides is 1. The minimum absolute atomic E-state index is 0.0900. The Bertz CT molecular complexity index is 1140. The highest BCUT2D eigenvalue weighted by Crippen LogP contribution is 2.29. The van der Waals surface area contributed by atoms with Crippen LogP contribution in [-0.4, -0.2) is 21.6 Å². The van der Waals surface area contributed by atoms with Crippen LogP contribution in [0.5, 0.6) is 0 Å². The van der Waals surface area contributed by atoms with Crippen molar-refractivity contribution >= 4 is 73.0 Å². The maximum Gasteiger partial charge on any atom is 0.236 e. The average molecular weight is 537 g/mol. The van der Waals surface area contributed by atoms with Crippen molar-refractivity contribution in [2.24, 2.45) is 0 Å². The van der Waals surface area contributed by atoms with Gasteiger partial charge in [0.15, 0.2) is 9.47 Å². The van der Waals surface area contributed by atoms with Gasteiger partial charge in [0.05, 0.1) is 11.4 Å². The molecule has 2 heterocycles. The number of thioether (sulfide) groups is 1. The third-order valence-corrected chi connectivity index (χ3v) is 7.76. The second-order valence-electron chi connectivity index (χ2n) is 6.28. The SMILES string of the molecule is O=C(CSc1nc(-c2ccc(Br)cc2)cs1)Nc1ncc(Cc2ccc(Cl)cc2)s1. The van der Waals surface area contributed by atoms with Gasteiger partial charge in [-0.3, -0.25) is 4.79 Å². The number of benzene rings is 2. The van der Waals surface area contributed by atoms with Crippen LogP contribution in [0, 0.1) is 0 Å². The van der Waals surface area contributed by atoms with Crippen LogP contribution in [0.25, 0.3) is 11.3 Å². The number of carbonyl (C=O) groups excluding carboxylic acids is 1. The summed E-state index contributed by atoms with van der Waals surface area (Å²) in [5, 5.41) is 6.21. The van der Waals surface area contributed by atoms with Crippen LogP contribution in [0.15, 0.2) is 68.9 Å². The molecule has 0 aliphatic carbocycles. The molecule has 4 aromatic rings. The lowest BCUT2D eigenvalue weighted by Gasteiger charge is -2.00. The first-order valence-electron chi connectivity index (χ1n) is 8.88. The Labute approximate surface area is 199 Å². The van der Waals surface area contributed by atoms with Crippen LogP contribution in [-0.2, 0) is 11.2 Å². The van der Waals surface area contributed by atoms with E-state index in [2.05, 4.69) is 31.2 Å². The summed E-state index contributed by atoms with van der Waals surface area (Å²) in [5.41, 5.74) is 3.13. The van der Waals surface area contributed by atoms with Gasteiger partial charge in [0.25, 0.3) is 0 Å². The minimum Gasteiger partial charge on any atom is -0.301 e. The van der Waals surface area contributed by atoms with Crippen molar-refractivity contribution in [3.05, 3.63) is 80.0 Å². The molecule has 0 aliphatic rings. The molecule has 0 aliphatic heterocycles. The van der Waals surface area contributed by atoms with Crippen LogP contribution in [0.2, 0.25) is 5.02 Å². The smallest absolute Gasteiger partial charge is 0.236 e. The van der Waals surface area contributed by atoms with Gasteiger partial charge >= 0.3 is 0 Å². The molecule has 1 N–H and O–H groups in total. The summed E-state index contributed by atoms with van der Waals surface area (Å²) in [4.78, 5) is 22.3. The van der Waals surface area contributed by atoms with Crippen molar-refractivity contribution in [2.45, 2.75) is 10.8 Å². The largest absolute Gasteiger partial charge is 0.301 e. The van der Waals surface area contributed by atoms with E-state index in [0.29, 0.717) is 10.9 Å². The second kappa shape index (κ2) is 10.1. The van der Waals surface area contributed by atoms with Gasteiger partial charge in [-0.15, -0.1) is 22.7 Å². The van der Waals surface area contributed by atoms with Crippen molar-refractivity contribution in [3.63, 3.8) is 0 Å². The number of carbonyl (C=O) groups is 1. The minimum atomic E-state index is -0.0900. The van der Waals surface area contributed by atoms with E-state index in [9.17, 15) is 4.79 Å². The Morgan fingerprint density at radius 2 is 1.90 bits per heavy atom. The van der Waals surface area contributed by atoms with Crippen LogP contribution < -0.4 is 5.32 Å². The van der Waals surface area contributed by atoms with Gasteiger partial charge in [-0.2, -0.15) is 0 Å². The van der Waals surface area contributed by atoms with Gasteiger partial charge in [-0.25, -0.2) is 9.97 Å². The zero-order chi connectivity index (χ0) is 20.9. The first-order chi connectivity index (χ1) is 14.5. The Morgan fingerprint density at radius 3 is 2.67 bits per heavy atom. The third-order valence-electron chi connectivity index (χ3n) is 4.04. The number of aromatic nitrogens is 2. The van der Waals surface area contributed by atoms with Gasteiger partial charge in [-0.05, 0) is 29.8 Å². The maximum absolute atomic E-state index is 12.3. The zero-order valence-electron chi connectivity index (χ0n) is 15.5. The van der Waals surface area contributed by atoms with Crippen molar-refractivity contribution < 1.29 is 4.79 Å². The fourth-order valence-electron chi connectivity index (χ4n) is 2.61. The molecule has 4 nitrogen and oxygen atoms in total. The topological polar surface area (TPSA) is 54.9 Å². The zero-order valence-corrected chi connectivity index (χ0v) is 20.3. The summed E-state index contributed by atoms with van der Waals surface area (Å²) >= 11 is 13.8.